The molecule has 28 heavy (non-hydrogen) atoms. The van der Waals surface area contributed by atoms with Crippen LogP contribution in [0.5, 0.6) is 0 Å². The molecule has 1 aromatic carbocycles. The molecule has 2 aromatic heterocycles. The summed E-state index contributed by atoms with van der Waals surface area (Å²) in [7, 11) is 0. The van der Waals surface area contributed by atoms with Gasteiger partial charge in [-0.2, -0.15) is 0 Å². The number of aryl methyl sites for hydroxylation is 2. The molecular weight excluding hydrogens is 390 g/mol. The molecule has 0 saturated heterocycles. The number of hydrogen-bond donors (Lipinski definition) is 1. The van der Waals surface area contributed by atoms with E-state index in [1.807, 2.05) is 51.1 Å². The number of nitrogens with one attached hydrogen (secondary N) is 1. The van der Waals surface area contributed by atoms with Crippen molar-refractivity contribution in [3.63, 3.8) is 0 Å². The van der Waals surface area contributed by atoms with E-state index < -0.39 is 0 Å². The van der Waals surface area contributed by atoms with Crippen LogP contribution in [0.3, 0.4) is 0 Å². The SMILES string of the molecule is Cc1sc2nc(SCC(=O)N[C@@H](C)C(C)C)n(-c3ccccc3)c(=O)c2c1C. The van der Waals surface area contributed by atoms with Crippen molar-refractivity contribution in [3.05, 3.63) is 51.1 Å². The molecular formula is C21H25N3O2S2. The lowest BCUT2D eigenvalue weighted by atomic mass is 10.1. The number of carbonyl (C=O) groups excluding carboxylic acids is 1. The van der Waals surface area contributed by atoms with Gasteiger partial charge in [0.2, 0.25) is 5.91 Å². The van der Waals surface area contributed by atoms with Crippen LogP contribution in [0.4, 0.5) is 0 Å². The minimum Gasteiger partial charge on any atom is -0.353 e. The number of fused-ring (bicyclic) bond motifs is 1. The number of thiophene rings is 1. The van der Waals surface area contributed by atoms with E-state index in [-0.39, 0.29) is 23.3 Å². The average molecular weight is 416 g/mol. The summed E-state index contributed by atoms with van der Waals surface area (Å²) in [6.45, 7) is 10.1. The molecule has 0 spiro atoms. The van der Waals surface area contributed by atoms with Crippen LogP contribution < -0.4 is 10.9 Å². The van der Waals surface area contributed by atoms with E-state index in [0.717, 1.165) is 21.0 Å². The molecule has 0 fully saturated rings. The number of amides is 1. The number of aromatic nitrogens is 2. The lowest BCUT2D eigenvalue weighted by Gasteiger charge is -2.17. The van der Waals surface area contributed by atoms with Crippen LogP contribution in [0.2, 0.25) is 0 Å². The van der Waals surface area contributed by atoms with Gasteiger partial charge in [0.15, 0.2) is 5.16 Å². The fraction of sp³-hybridized carbons (Fsp3) is 0.381. The summed E-state index contributed by atoms with van der Waals surface area (Å²) >= 11 is 2.82. The third kappa shape index (κ3) is 4.15. The number of nitrogens with zero attached hydrogens (tertiary/aromatic N) is 2. The first kappa shape index (κ1) is 20.6. The number of hydrogen-bond acceptors (Lipinski definition) is 5. The summed E-state index contributed by atoms with van der Waals surface area (Å²) < 4.78 is 1.62. The highest BCUT2D eigenvalue weighted by molar-refractivity contribution is 7.99. The van der Waals surface area contributed by atoms with Gasteiger partial charge in [0.1, 0.15) is 4.83 Å². The number of carbonyl (C=O) groups is 1. The maximum absolute atomic E-state index is 13.3. The minimum absolute atomic E-state index is 0.0568. The summed E-state index contributed by atoms with van der Waals surface area (Å²) in [5, 5.41) is 4.20. The zero-order valence-corrected chi connectivity index (χ0v) is 18.4. The molecule has 0 radical (unpaired) electrons. The fourth-order valence-corrected chi connectivity index (χ4v) is 4.66. The van der Waals surface area contributed by atoms with Crippen LogP contribution in [0.25, 0.3) is 15.9 Å². The van der Waals surface area contributed by atoms with Crippen molar-refractivity contribution < 1.29 is 4.79 Å². The Morgan fingerprint density at radius 3 is 2.54 bits per heavy atom. The second kappa shape index (κ2) is 8.49. The maximum atomic E-state index is 13.3. The minimum atomic E-state index is -0.0866. The van der Waals surface area contributed by atoms with Crippen molar-refractivity contribution in [2.24, 2.45) is 5.92 Å². The van der Waals surface area contributed by atoms with E-state index in [1.54, 1.807) is 4.57 Å². The Balaban J connectivity index is 2.01. The van der Waals surface area contributed by atoms with Crippen LogP contribution in [0.1, 0.15) is 31.2 Å². The third-order valence-electron chi connectivity index (χ3n) is 4.91. The van der Waals surface area contributed by atoms with Gasteiger partial charge in [0.05, 0.1) is 16.8 Å². The highest BCUT2D eigenvalue weighted by Crippen LogP contribution is 2.29. The van der Waals surface area contributed by atoms with Crippen molar-refractivity contribution in [3.8, 4) is 5.69 Å². The molecule has 7 heteroatoms. The molecule has 0 aliphatic heterocycles. The summed E-state index contributed by atoms with van der Waals surface area (Å²) in [5.41, 5.74) is 1.64. The summed E-state index contributed by atoms with van der Waals surface area (Å²) in [6.07, 6.45) is 0. The normalized spacial score (nSPS) is 12.5. The highest BCUT2D eigenvalue weighted by atomic mass is 32.2. The van der Waals surface area contributed by atoms with Gasteiger partial charge < -0.3 is 5.32 Å². The lowest BCUT2D eigenvalue weighted by Crippen LogP contribution is -2.37. The molecule has 0 aliphatic rings. The zero-order chi connectivity index (χ0) is 20.4. The Morgan fingerprint density at radius 2 is 1.89 bits per heavy atom. The van der Waals surface area contributed by atoms with Gasteiger partial charge in [-0.3, -0.25) is 14.2 Å². The van der Waals surface area contributed by atoms with Crippen LogP contribution >= 0.6 is 23.1 Å². The summed E-state index contributed by atoms with van der Waals surface area (Å²) in [5.74, 6) is 0.521. The fourth-order valence-electron chi connectivity index (χ4n) is 2.77. The van der Waals surface area contributed by atoms with Crippen molar-refractivity contribution in [1.82, 2.24) is 14.9 Å². The summed E-state index contributed by atoms with van der Waals surface area (Å²) in [6, 6.07) is 9.56. The number of benzene rings is 1. The average Bonchev–Trinajstić information content (AvgIpc) is 2.94. The van der Waals surface area contributed by atoms with E-state index in [1.165, 1.54) is 23.1 Å². The van der Waals surface area contributed by atoms with Gasteiger partial charge in [-0.05, 0) is 44.4 Å². The molecule has 1 N–H and O–H groups in total. The van der Waals surface area contributed by atoms with Crippen molar-refractivity contribution in [1.29, 1.82) is 0 Å². The van der Waals surface area contributed by atoms with Gasteiger partial charge >= 0.3 is 0 Å². The van der Waals surface area contributed by atoms with Gasteiger partial charge in [-0.1, -0.05) is 43.8 Å². The van der Waals surface area contributed by atoms with E-state index in [2.05, 4.69) is 19.2 Å². The Hall–Kier alpha value is -2.12. The highest BCUT2D eigenvalue weighted by Gasteiger charge is 2.19. The first-order chi connectivity index (χ1) is 13.3. The zero-order valence-electron chi connectivity index (χ0n) is 16.8. The smallest absolute Gasteiger partial charge is 0.267 e. The molecule has 1 amide bonds. The molecule has 3 rings (SSSR count). The summed E-state index contributed by atoms with van der Waals surface area (Å²) in [4.78, 5) is 32.2. The number of rotatable bonds is 6. The second-order valence-electron chi connectivity index (χ2n) is 7.22. The molecule has 148 valence electrons. The van der Waals surface area contributed by atoms with Crippen LogP contribution in [-0.4, -0.2) is 27.3 Å². The topological polar surface area (TPSA) is 64.0 Å². The van der Waals surface area contributed by atoms with E-state index in [4.69, 9.17) is 4.98 Å². The van der Waals surface area contributed by atoms with E-state index >= 15 is 0 Å². The molecule has 0 bridgehead atoms. The molecule has 2 heterocycles. The van der Waals surface area contributed by atoms with Crippen LogP contribution in [-0.2, 0) is 4.79 Å². The molecule has 0 saturated carbocycles. The Labute approximate surface area is 173 Å². The van der Waals surface area contributed by atoms with Crippen molar-refractivity contribution in [2.75, 3.05) is 5.75 Å². The van der Waals surface area contributed by atoms with Gasteiger partial charge in [-0.15, -0.1) is 11.3 Å². The molecule has 0 aliphatic carbocycles. The Morgan fingerprint density at radius 1 is 1.21 bits per heavy atom. The monoisotopic (exact) mass is 415 g/mol. The van der Waals surface area contributed by atoms with Gasteiger partial charge in [0, 0.05) is 10.9 Å². The molecule has 5 nitrogen and oxygen atoms in total. The number of thioether (sulfide) groups is 1. The van der Waals surface area contributed by atoms with Crippen molar-refractivity contribution >= 4 is 39.2 Å². The second-order valence-corrected chi connectivity index (χ2v) is 9.37. The van der Waals surface area contributed by atoms with E-state index in [0.29, 0.717) is 16.5 Å². The quantitative estimate of drug-likeness (QED) is 0.481. The van der Waals surface area contributed by atoms with Gasteiger partial charge in [0.25, 0.3) is 5.56 Å². The van der Waals surface area contributed by atoms with Crippen LogP contribution in [0.15, 0.2) is 40.3 Å². The van der Waals surface area contributed by atoms with Crippen molar-refractivity contribution in [2.45, 2.75) is 45.8 Å². The predicted octanol–water partition coefficient (Wildman–Crippen LogP) is 4.32. The lowest BCUT2D eigenvalue weighted by molar-refractivity contribution is -0.119. The first-order valence-corrected chi connectivity index (χ1v) is 11.1. The van der Waals surface area contributed by atoms with Gasteiger partial charge in [-0.25, -0.2) is 4.98 Å². The van der Waals surface area contributed by atoms with Crippen LogP contribution in [0, 0.1) is 19.8 Å². The van der Waals surface area contributed by atoms with E-state index in [9.17, 15) is 9.59 Å². The standard InChI is InChI=1S/C21H25N3O2S2/c1-12(2)14(4)22-17(25)11-27-21-23-19-18(13(3)15(5)28-19)20(26)24(21)16-9-7-6-8-10-16/h6-10,12,14H,11H2,1-5H3,(H,22,25)/t14-/m0/s1. The Bertz CT molecular complexity index is 1050. The third-order valence-corrected chi connectivity index (χ3v) is 6.95. The predicted molar refractivity (Wildman–Crippen MR) is 118 cm³/mol. The largest absolute Gasteiger partial charge is 0.353 e. The number of para-hydroxylation sites is 1. The molecule has 3 aromatic rings. The molecule has 1 atom stereocenters. The first-order valence-electron chi connectivity index (χ1n) is 9.30. The maximum Gasteiger partial charge on any atom is 0.267 e. The Kier molecular flexibility index (Phi) is 6.25. The molecule has 0 unspecified atom stereocenters.